The Morgan fingerprint density at radius 2 is 1.60 bits per heavy atom. The lowest BCUT2D eigenvalue weighted by Crippen LogP contribution is -2.32. The van der Waals surface area contributed by atoms with E-state index in [9.17, 15) is 19.2 Å². The zero-order chi connectivity index (χ0) is 21.8. The van der Waals surface area contributed by atoms with E-state index in [1.807, 2.05) is 20.8 Å². The normalized spacial score (nSPS) is 12.9. The van der Waals surface area contributed by atoms with Gasteiger partial charge in [-0.15, -0.1) is 0 Å². The Kier molecular flexibility index (Phi) is 6.30. The molecule has 2 aromatic carbocycles. The fraction of sp³-hybridized carbons (Fsp3) is 0.304. The Labute approximate surface area is 175 Å². The van der Waals surface area contributed by atoms with Crippen molar-refractivity contribution in [1.82, 2.24) is 10.2 Å². The summed E-state index contributed by atoms with van der Waals surface area (Å²) in [6, 6.07) is 12.2. The average molecular weight is 407 g/mol. The Bertz CT molecular complexity index is 996. The Morgan fingerprint density at radius 3 is 2.27 bits per heavy atom. The van der Waals surface area contributed by atoms with Gasteiger partial charge in [0.2, 0.25) is 11.8 Å². The van der Waals surface area contributed by atoms with Crippen molar-refractivity contribution in [3.8, 4) is 0 Å². The number of hydrogen-bond donors (Lipinski definition) is 2. The number of nitrogens with one attached hydrogen (secondary N) is 2. The van der Waals surface area contributed by atoms with Crippen LogP contribution in [0.1, 0.15) is 52.1 Å². The molecule has 7 nitrogen and oxygen atoms in total. The number of imide groups is 1. The van der Waals surface area contributed by atoms with Crippen LogP contribution in [0.3, 0.4) is 0 Å². The lowest BCUT2D eigenvalue weighted by atomic mass is 10.1. The van der Waals surface area contributed by atoms with Crippen LogP contribution >= 0.6 is 0 Å². The van der Waals surface area contributed by atoms with E-state index < -0.39 is 0 Å². The molecular weight excluding hydrogens is 382 g/mol. The zero-order valence-corrected chi connectivity index (χ0v) is 17.3. The lowest BCUT2D eigenvalue weighted by Gasteiger charge is -2.13. The maximum atomic E-state index is 12.5. The first kappa shape index (κ1) is 21.2. The van der Waals surface area contributed by atoms with Crippen molar-refractivity contribution < 1.29 is 19.2 Å². The van der Waals surface area contributed by atoms with Crippen molar-refractivity contribution in [3.63, 3.8) is 0 Å². The molecule has 156 valence electrons. The van der Waals surface area contributed by atoms with E-state index in [1.54, 1.807) is 42.5 Å². The number of fused-ring (bicyclic) bond motifs is 1. The number of amides is 4. The number of carbonyl (C=O) groups is 4. The van der Waals surface area contributed by atoms with Crippen LogP contribution in [0.2, 0.25) is 0 Å². The van der Waals surface area contributed by atoms with E-state index in [0.717, 1.165) is 16.0 Å². The topological polar surface area (TPSA) is 95.6 Å². The van der Waals surface area contributed by atoms with E-state index in [4.69, 9.17) is 0 Å². The minimum absolute atomic E-state index is 0.00297. The van der Waals surface area contributed by atoms with E-state index in [0.29, 0.717) is 16.8 Å². The molecule has 0 saturated heterocycles. The van der Waals surface area contributed by atoms with Gasteiger partial charge in [0.05, 0.1) is 17.5 Å². The van der Waals surface area contributed by atoms with Crippen molar-refractivity contribution >= 4 is 29.3 Å². The minimum atomic E-state index is -0.369. The van der Waals surface area contributed by atoms with E-state index >= 15 is 0 Å². The summed E-state index contributed by atoms with van der Waals surface area (Å²) in [7, 11) is 0. The van der Waals surface area contributed by atoms with Crippen molar-refractivity contribution in [1.29, 1.82) is 0 Å². The van der Waals surface area contributed by atoms with Crippen LogP contribution in [0.15, 0.2) is 42.5 Å². The van der Waals surface area contributed by atoms with Crippen LogP contribution in [-0.4, -0.2) is 41.1 Å². The lowest BCUT2D eigenvalue weighted by molar-refractivity contribution is -0.121. The summed E-state index contributed by atoms with van der Waals surface area (Å²) in [4.78, 5) is 50.1. The van der Waals surface area contributed by atoms with Gasteiger partial charge in [0.1, 0.15) is 0 Å². The van der Waals surface area contributed by atoms with Gasteiger partial charge in [-0.25, -0.2) is 0 Å². The first-order valence-corrected chi connectivity index (χ1v) is 9.89. The van der Waals surface area contributed by atoms with Gasteiger partial charge < -0.3 is 10.6 Å². The SMILES string of the molecule is Cc1ccc2c(c1)C(=O)N(CCC(=O)Nc1ccc(CC(=O)NC(C)C)cc1)C2=O. The predicted molar refractivity (Wildman–Crippen MR) is 113 cm³/mol. The van der Waals surface area contributed by atoms with Gasteiger partial charge in [-0.1, -0.05) is 23.8 Å². The third-order valence-electron chi connectivity index (χ3n) is 4.74. The highest BCUT2D eigenvalue weighted by Gasteiger charge is 2.35. The van der Waals surface area contributed by atoms with Gasteiger partial charge in [-0.05, 0) is 50.6 Å². The summed E-state index contributed by atoms with van der Waals surface area (Å²) < 4.78 is 0. The molecule has 0 fully saturated rings. The predicted octanol–water partition coefficient (Wildman–Crippen LogP) is 2.69. The highest BCUT2D eigenvalue weighted by molar-refractivity contribution is 6.21. The van der Waals surface area contributed by atoms with Crippen LogP contribution in [0, 0.1) is 6.92 Å². The fourth-order valence-corrected chi connectivity index (χ4v) is 3.31. The number of rotatable bonds is 7. The molecule has 4 amide bonds. The Balaban J connectivity index is 1.52. The first-order valence-electron chi connectivity index (χ1n) is 9.89. The second-order valence-electron chi connectivity index (χ2n) is 7.71. The maximum absolute atomic E-state index is 12.5. The second kappa shape index (κ2) is 8.90. The quantitative estimate of drug-likeness (QED) is 0.690. The van der Waals surface area contributed by atoms with Crippen molar-refractivity contribution in [2.45, 2.75) is 39.7 Å². The molecule has 0 unspecified atom stereocenters. The van der Waals surface area contributed by atoms with Crippen molar-refractivity contribution in [2.75, 3.05) is 11.9 Å². The smallest absolute Gasteiger partial charge is 0.261 e. The van der Waals surface area contributed by atoms with Gasteiger partial charge >= 0.3 is 0 Å². The maximum Gasteiger partial charge on any atom is 0.261 e. The molecule has 1 aliphatic rings. The Hall–Kier alpha value is -3.48. The summed E-state index contributed by atoms with van der Waals surface area (Å²) in [5.74, 6) is -1.09. The molecule has 3 rings (SSSR count). The van der Waals surface area contributed by atoms with Gasteiger partial charge in [-0.3, -0.25) is 24.1 Å². The minimum Gasteiger partial charge on any atom is -0.354 e. The highest BCUT2D eigenvalue weighted by Crippen LogP contribution is 2.24. The summed E-state index contributed by atoms with van der Waals surface area (Å²) in [6.07, 6.45) is 0.272. The third kappa shape index (κ3) is 4.92. The number of carbonyl (C=O) groups excluding carboxylic acids is 4. The standard InChI is InChI=1S/C23H25N3O4/c1-14(2)24-21(28)13-16-5-7-17(8-6-16)25-20(27)10-11-26-22(29)18-9-4-15(3)12-19(18)23(26)30/h4-9,12,14H,10-11,13H2,1-3H3,(H,24,28)(H,25,27). The molecule has 1 aliphatic heterocycles. The van der Waals surface area contributed by atoms with Gasteiger partial charge in [0.15, 0.2) is 0 Å². The summed E-state index contributed by atoms with van der Waals surface area (Å²) in [5.41, 5.74) is 3.10. The van der Waals surface area contributed by atoms with Crippen molar-refractivity contribution in [2.24, 2.45) is 0 Å². The monoisotopic (exact) mass is 407 g/mol. The number of nitrogens with zero attached hydrogens (tertiary/aromatic N) is 1. The van der Waals surface area contributed by atoms with Crippen LogP contribution in [0.25, 0.3) is 0 Å². The third-order valence-corrected chi connectivity index (χ3v) is 4.74. The molecular formula is C23H25N3O4. The summed E-state index contributed by atoms with van der Waals surface area (Å²) in [6.45, 7) is 5.68. The summed E-state index contributed by atoms with van der Waals surface area (Å²) >= 11 is 0. The largest absolute Gasteiger partial charge is 0.354 e. The van der Waals surface area contributed by atoms with Crippen LogP contribution < -0.4 is 10.6 Å². The fourth-order valence-electron chi connectivity index (χ4n) is 3.31. The zero-order valence-electron chi connectivity index (χ0n) is 17.3. The number of anilines is 1. The molecule has 0 radical (unpaired) electrons. The molecule has 0 aliphatic carbocycles. The van der Waals surface area contributed by atoms with E-state index in [2.05, 4.69) is 10.6 Å². The van der Waals surface area contributed by atoms with Gasteiger partial charge in [-0.2, -0.15) is 0 Å². The molecule has 0 spiro atoms. The van der Waals surface area contributed by atoms with Gasteiger partial charge in [0, 0.05) is 24.7 Å². The van der Waals surface area contributed by atoms with Crippen LogP contribution in [0.4, 0.5) is 5.69 Å². The van der Waals surface area contributed by atoms with Crippen LogP contribution in [0.5, 0.6) is 0 Å². The van der Waals surface area contributed by atoms with E-state index in [1.165, 1.54) is 0 Å². The second-order valence-corrected chi connectivity index (χ2v) is 7.71. The highest BCUT2D eigenvalue weighted by atomic mass is 16.2. The van der Waals surface area contributed by atoms with Gasteiger partial charge in [0.25, 0.3) is 11.8 Å². The number of benzene rings is 2. The molecule has 0 atom stereocenters. The molecule has 2 aromatic rings. The van der Waals surface area contributed by atoms with Crippen molar-refractivity contribution in [3.05, 3.63) is 64.7 Å². The molecule has 1 heterocycles. The molecule has 0 aromatic heterocycles. The molecule has 2 N–H and O–H groups in total. The molecule has 7 heteroatoms. The average Bonchev–Trinajstić information content (AvgIpc) is 2.91. The number of aryl methyl sites for hydroxylation is 1. The Morgan fingerprint density at radius 1 is 0.933 bits per heavy atom. The number of hydrogen-bond acceptors (Lipinski definition) is 4. The summed E-state index contributed by atoms with van der Waals surface area (Å²) in [5, 5.41) is 5.58. The molecule has 0 saturated carbocycles. The molecule has 30 heavy (non-hydrogen) atoms. The van der Waals surface area contributed by atoms with E-state index in [-0.39, 0.29) is 49.1 Å². The molecule has 0 bridgehead atoms. The first-order chi connectivity index (χ1) is 14.2. The van der Waals surface area contributed by atoms with Crippen LogP contribution in [-0.2, 0) is 16.0 Å².